The number of ether oxygens (including phenoxy) is 3. The molecule has 0 saturated carbocycles. The first kappa shape index (κ1) is 18.5. The van der Waals surface area contributed by atoms with Gasteiger partial charge in [-0.05, 0) is 68.6 Å². The molecule has 0 N–H and O–H groups in total. The van der Waals surface area contributed by atoms with Crippen molar-refractivity contribution in [1.82, 2.24) is 4.90 Å². The van der Waals surface area contributed by atoms with E-state index in [2.05, 4.69) is 18.0 Å². The number of thioether (sulfide) groups is 1. The van der Waals surface area contributed by atoms with Crippen LogP contribution in [-0.4, -0.2) is 36.1 Å². The fourth-order valence-electron chi connectivity index (χ4n) is 4.50. The number of rotatable bonds is 5. The molecule has 2 bridgehead atoms. The number of halogens is 1. The summed E-state index contributed by atoms with van der Waals surface area (Å²) in [7, 11) is 2.28. The van der Waals surface area contributed by atoms with Gasteiger partial charge in [0.15, 0.2) is 11.5 Å². The fraction of sp³-hybridized carbons (Fsp3) is 0.455. The zero-order chi connectivity index (χ0) is 19.1. The van der Waals surface area contributed by atoms with Gasteiger partial charge in [0.1, 0.15) is 12.4 Å². The summed E-state index contributed by atoms with van der Waals surface area (Å²) in [6, 6.07) is 13.4. The van der Waals surface area contributed by atoms with Crippen molar-refractivity contribution in [2.75, 3.05) is 13.8 Å². The van der Waals surface area contributed by atoms with Gasteiger partial charge in [0.05, 0.1) is 5.02 Å². The molecule has 0 radical (unpaired) electrons. The standard InChI is InChI=1S/C22H24ClNO3S/c1-24-15-3-4-16(24)10-18(9-15)28-22-7-5-17(11-19(22)23)25-12-14-2-6-20-21(8-14)27-13-26-20/h2,5-8,11,15-16,18H,3-4,9-10,12-13H2,1H3. The van der Waals surface area contributed by atoms with Crippen LogP contribution in [0.2, 0.25) is 5.02 Å². The largest absolute Gasteiger partial charge is 0.489 e. The van der Waals surface area contributed by atoms with E-state index in [1.54, 1.807) is 0 Å². The van der Waals surface area contributed by atoms with Crippen LogP contribution in [0.5, 0.6) is 17.2 Å². The Labute approximate surface area is 175 Å². The summed E-state index contributed by atoms with van der Waals surface area (Å²) < 4.78 is 16.7. The van der Waals surface area contributed by atoms with E-state index in [0.717, 1.165) is 44.8 Å². The number of hydrogen-bond donors (Lipinski definition) is 0. The molecule has 148 valence electrons. The lowest BCUT2D eigenvalue weighted by atomic mass is 10.0. The van der Waals surface area contributed by atoms with Crippen molar-refractivity contribution in [1.29, 1.82) is 0 Å². The summed E-state index contributed by atoms with van der Waals surface area (Å²) in [5.74, 6) is 2.35. The average Bonchev–Trinajstić information content (AvgIpc) is 3.22. The first-order valence-electron chi connectivity index (χ1n) is 9.85. The molecule has 0 spiro atoms. The van der Waals surface area contributed by atoms with E-state index >= 15 is 0 Å². The molecule has 0 aliphatic carbocycles. The van der Waals surface area contributed by atoms with Gasteiger partial charge in [-0.25, -0.2) is 0 Å². The van der Waals surface area contributed by atoms with Crippen LogP contribution < -0.4 is 14.2 Å². The maximum absolute atomic E-state index is 6.58. The van der Waals surface area contributed by atoms with Gasteiger partial charge in [0.25, 0.3) is 0 Å². The molecule has 2 saturated heterocycles. The highest BCUT2D eigenvalue weighted by Crippen LogP contribution is 2.43. The molecule has 3 heterocycles. The Morgan fingerprint density at radius 3 is 2.64 bits per heavy atom. The highest BCUT2D eigenvalue weighted by Gasteiger charge is 2.38. The third-order valence-electron chi connectivity index (χ3n) is 6.09. The number of piperidine rings is 1. The van der Waals surface area contributed by atoms with Crippen molar-refractivity contribution in [3.63, 3.8) is 0 Å². The summed E-state index contributed by atoms with van der Waals surface area (Å²) in [5.41, 5.74) is 1.04. The minimum absolute atomic E-state index is 0.285. The molecule has 6 heteroatoms. The van der Waals surface area contributed by atoms with Crippen LogP contribution >= 0.6 is 23.4 Å². The van der Waals surface area contributed by atoms with Crippen LogP contribution in [-0.2, 0) is 6.61 Å². The SMILES string of the molecule is CN1C2CCC1CC(Sc1ccc(OCc3ccc4c(c3)OCO4)cc1Cl)C2. The predicted molar refractivity (Wildman–Crippen MR) is 112 cm³/mol. The van der Waals surface area contributed by atoms with Gasteiger partial charge in [-0.1, -0.05) is 17.7 Å². The van der Waals surface area contributed by atoms with Crippen LogP contribution in [0.3, 0.4) is 0 Å². The van der Waals surface area contributed by atoms with Crippen molar-refractivity contribution < 1.29 is 14.2 Å². The predicted octanol–water partition coefficient (Wildman–Crippen LogP) is 5.37. The second kappa shape index (κ2) is 7.69. The Morgan fingerprint density at radius 2 is 1.86 bits per heavy atom. The van der Waals surface area contributed by atoms with Gasteiger partial charge in [-0.3, -0.25) is 0 Å². The number of benzene rings is 2. The van der Waals surface area contributed by atoms with Gasteiger partial charge in [0, 0.05) is 22.2 Å². The van der Waals surface area contributed by atoms with E-state index in [0.29, 0.717) is 11.9 Å². The molecular formula is C22H24ClNO3S. The highest BCUT2D eigenvalue weighted by molar-refractivity contribution is 8.00. The number of fused-ring (bicyclic) bond motifs is 3. The maximum Gasteiger partial charge on any atom is 0.231 e. The molecule has 2 aromatic carbocycles. The van der Waals surface area contributed by atoms with Gasteiger partial charge < -0.3 is 19.1 Å². The highest BCUT2D eigenvalue weighted by atomic mass is 35.5. The van der Waals surface area contributed by atoms with Crippen LogP contribution in [0.4, 0.5) is 0 Å². The van der Waals surface area contributed by atoms with Crippen LogP contribution in [0.1, 0.15) is 31.2 Å². The normalized spacial score (nSPS) is 25.9. The summed E-state index contributed by atoms with van der Waals surface area (Å²) in [6.45, 7) is 0.755. The van der Waals surface area contributed by atoms with E-state index in [1.165, 1.54) is 25.7 Å². The summed E-state index contributed by atoms with van der Waals surface area (Å²) >= 11 is 8.51. The topological polar surface area (TPSA) is 30.9 Å². The van der Waals surface area contributed by atoms with Crippen molar-refractivity contribution in [3.05, 3.63) is 47.0 Å². The first-order chi connectivity index (χ1) is 13.7. The monoisotopic (exact) mass is 417 g/mol. The van der Waals surface area contributed by atoms with Crippen LogP contribution in [0, 0.1) is 0 Å². The Morgan fingerprint density at radius 1 is 1.07 bits per heavy atom. The van der Waals surface area contributed by atoms with Crippen molar-refractivity contribution >= 4 is 23.4 Å². The molecule has 4 nitrogen and oxygen atoms in total. The lowest BCUT2D eigenvalue weighted by Crippen LogP contribution is -2.40. The minimum Gasteiger partial charge on any atom is -0.489 e. The second-order valence-corrected chi connectivity index (χ2v) is 9.58. The molecule has 2 aromatic rings. The Balaban J connectivity index is 1.20. The molecule has 2 unspecified atom stereocenters. The number of hydrogen-bond acceptors (Lipinski definition) is 5. The molecule has 3 aliphatic rings. The number of nitrogens with zero attached hydrogens (tertiary/aromatic N) is 1. The van der Waals surface area contributed by atoms with Gasteiger partial charge in [0.2, 0.25) is 6.79 Å². The summed E-state index contributed by atoms with van der Waals surface area (Å²) in [5, 5.41) is 1.44. The maximum atomic E-state index is 6.58. The first-order valence-corrected chi connectivity index (χ1v) is 11.1. The smallest absolute Gasteiger partial charge is 0.231 e. The fourth-order valence-corrected chi connectivity index (χ4v) is 6.12. The Hall–Kier alpha value is -1.56. The van der Waals surface area contributed by atoms with E-state index in [4.69, 9.17) is 25.8 Å². The summed E-state index contributed by atoms with van der Waals surface area (Å²) in [6.07, 6.45) is 5.21. The van der Waals surface area contributed by atoms with E-state index in [9.17, 15) is 0 Å². The zero-order valence-electron chi connectivity index (χ0n) is 15.9. The van der Waals surface area contributed by atoms with E-state index in [1.807, 2.05) is 42.1 Å². The lowest BCUT2D eigenvalue weighted by molar-refractivity contribution is 0.174. The van der Waals surface area contributed by atoms with Crippen LogP contribution in [0.15, 0.2) is 41.3 Å². The van der Waals surface area contributed by atoms with E-state index < -0.39 is 0 Å². The summed E-state index contributed by atoms with van der Waals surface area (Å²) in [4.78, 5) is 3.73. The van der Waals surface area contributed by atoms with E-state index in [-0.39, 0.29) is 6.79 Å². The minimum atomic E-state index is 0.285. The quantitative estimate of drug-likeness (QED) is 0.653. The molecule has 2 fully saturated rings. The third-order valence-corrected chi connectivity index (χ3v) is 7.85. The third kappa shape index (κ3) is 3.68. The molecule has 5 rings (SSSR count). The molecule has 28 heavy (non-hydrogen) atoms. The Kier molecular flexibility index (Phi) is 5.07. The lowest BCUT2D eigenvalue weighted by Gasteiger charge is -2.36. The zero-order valence-corrected chi connectivity index (χ0v) is 17.5. The van der Waals surface area contributed by atoms with Crippen molar-refractivity contribution in [2.45, 2.75) is 54.5 Å². The molecular weight excluding hydrogens is 394 g/mol. The molecule has 0 aromatic heterocycles. The molecule has 3 aliphatic heterocycles. The van der Waals surface area contributed by atoms with Gasteiger partial charge in [-0.15, -0.1) is 11.8 Å². The van der Waals surface area contributed by atoms with Crippen molar-refractivity contribution in [3.8, 4) is 17.2 Å². The second-order valence-electron chi connectivity index (χ2n) is 7.83. The van der Waals surface area contributed by atoms with Crippen LogP contribution in [0.25, 0.3) is 0 Å². The molecule has 2 atom stereocenters. The van der Waals surface area contributed by atoms with Gasteiger partial charge >= 0.3 is 0 Å². The van der Waals surface area contributed by atoms with Crippen molar-refractivity contribution in [2.24, 2.45) is 0 Å². The van der Waals surface area contributed by atoms with Gasteiger partial charge in [-0.2, -0.15) is 0 Å². The average molecular weight is 418 g/mol. The molecule has 0 amide bonds. The Bertz CT molecular complexity index is 863.